The van der Waals surface area contributed by atoms with Crippen LogP contribution < -0.4 is 4.72 Å². The van der Waals surface area contributed by atoms with Gasteiger partial charge in [-0.3, -0.25) is 4.55 Å². The van der Waals surface area contributed by atoms with Gasteiger partial charge >= 0.3 is 10.3 Å². The molecule has 1 aliphatic rings. The van der Waals surface area contributed by atoms with Gasteiger partial charge in [0.25, 0.3) is 0 Å². The van der Waals surface area contributed by atoms with Crippen molar-refractivity contribution in [1.29, 1.82) is 0 Å². The lowest BCUT2D eigenvalue weighted by atomic mass is 9.78. The highest BCUT2D eigenvalue weighted by molar-refractivity contribution is 7.83. The zero-order valence-corrected chi connectivity index (χ0v) is 9.55. The fourth-order valence-corrected chi connectivity index (χ4v) is 2.97. The second-order valence-corrected chi connectivity index (χ2v) is 5.58. The highest BCUT2D eigenvalue weighted by Gasteiger charge is 2.29. The molecular formula is C9H19NO3S. The Morgan fingerprint density at radius 2 is 1.86 bits per heavy atom. The van der Waals surface area contributed by atoms with E-state index in [1.165, 1.54) is 0 Å². The molecule has 5 heteroatoms. The summed E-state index contributed by atoms with van der Waals surface area (Å²) in [6, 6.07) is -0.0845. The molecule has 0 aromatic carbocycles. The first-order valence-electron chi connectivity index (χ1n) is 5.15. The fourth-order valence-electron chi connectivity index (χ4n) is 2.30. The van der Waals surface area contributed by atoms with Crippen LogP contribution in [0.15, 0.2) is 0 Å². The molecule has 0 amide bonds. The first kappa shape index (κ1) is 11.9. The summed E-state index contributed by atoms with van der Waals surface area (Å²) >= 11 is 0. The Kier molecular flexibility index (Phi) is 3.92. The Balaban J connectivity index is 2.63. The van der Waals surface area contributed by atoms with Crippen molar-refractivity contribution in [2.75, 3.05) is 0 Å². The average Bonchev–Trinajstić information content (AvgIpc) is 2.01. The predicted octanol–water partition coefficient (Wildman–Crippen LogP) is 1.59. The Morgan fingerprint density at radius 1 is 1.29 bits per heavy atom. The van der Waals surface area contributed by atoms with Crippen molar-refractivity contribution in [1.82, 2.24) is 4.72 Å². The molecule has 2 unspecified atom stereocenters. The van der Waals surface area contributed by atoms with Crippen molar-refractivity contribution in [3.05, 3.63) is 0 Å². The molecule has 1 rings (SSSR count). The van der Waals surface area contributed by atoms with Gasteiger partial charge < -0.3 is 0 Å². The first-order valence-corrected chi connectivity index (χ1v) is 6.59. The van der Waals surface area contributed by atoms with E-state index in [-0.39, 0.29) is 6.04 Å². The zero-order valence-electron chi connectivity index (χ0n) is 8.73. The molecule has 0 heterocycles. The smallest absolute Gasteiger partial charge is 0.273 e. The third kappa shape index (κ3) is 3.55. The summed E-state index contributed by atoms with van der Waals surface area (Å²) in [6.07, 6.45) is 4.08. The van der Waals surface area contributed by atoms with Gasteiger partial charge in [0.1, 0.15) is 0 Å². The van der Waals surface area contributed by atoms with Gasteiger partial charge in [-0.2, -0.15) is 13.1 Å². The maximum Gasteiger partial charge on any atom is 0.333 e. The van der Waals surface area contributed by atoms with E-state index in [1.54, 1.807) is 0 Å². The minimum absolute atomic E-state index is 0.0845. The summed E-state index contributed by atoms with van der Waals surface area (Å²) in [5.41, 5.74) is 0. The molecule has 0 saturated heterocycles. The van der Waals surface area contributed by atoms with E-state index in [1.807, 2.05) is 0 Å². The van der Waals surface area contributed by atoms with Crippen LogP contribution in [-0.4, -0.2) is 19.0 Å². The normalized spacial score (nSPS) is 29.4. The average molecular weight is 221 g/mol. The van der Waals surface area contributed by atoms with E-state index in [0.29, 0.717) is 11.8 Å². The Hall–Kier alpha value is -0.130. The lowest BCUT2D eigenvalue weighted by Crippen LogP contribution is -2.43. The van der Waals surface area contributed by atoms with E-state index < -0.39 is 10.3 Å². The molecule has 4 nitrogen and oxygen atoms in total. The zero-order chi connectivity index (χ0) is 10.8. The van der Waals surface area contributed by atoms with Crippen molar-refractivity contribution in [3.63, 3.8) is 0 Å². The summed E-state index contributed by atoms with van der Waals surface area (Å²) in [5, 5.41) is 0. The van der Waals surface area contributed by atoms with Crippen molar-refractivity contribution in [2.45, 2.75) is 45.6 Å². The van der Waals surface area contributed by atoms with Crippen LogP contribution in [0, 0.1) is 11.8 Å². The topological polar surface area (TPSA) is 66.4 Å². The van der Waals surface area contributed by atoms with Gasteiger partial charge in [0.05, 0.1) is 0 Å². The first-order chi connectivity index (χ1) is 6.40. The standard InChI is InChI=1S/C9H19NO3S/c1-7(2)8-5-3-4-6-9(8)10-14(11,12)13/h7-10H,3-6H2,1-2H3,(H,11,12,13). The number of hydrogen-bond acceptors (Lipinski definition) is 2. The van der Waals surface area contributed by atoms with E-state index in [9.17, 15) is 8.42 Å². The summed E-state index contributed by atoms with van der Waals surface area (Å²) in [4.78, 5) is 0. The van der Waals surface area contributed by atoms with Crippen molar-refractivity contribution in [2.24, 2.45) is 11.8 Å². The summed E-state index contributed by atoms with van der Waals surface area (Å²) in [5.74, 6) is 0.806. The predicted molar refractivity (Wildman–Crippen MR) is 55.3 cm³/mol. The largest absolute Gasteiger partial charge is 0.333 e. The van der Waals surface area contributed by atoms with E-state index in [4.69, 9.17) is 4.55 Å². The molecule has 0 spiro atoms. The van der Waals surface area contributed by atoms with Crippen LogP contribution in [0.4, 0.5) is 0 Å². The van der Waals surface area contributed by atoms with Crippen LogP contribution >= 0.6 is 0 Å². The SMILES string of the molecule is CC(C)C1CCCCC1NS(=O)(=O)O. The van der Waals surface area contributed by atoms with Crippen LogP contribution in [0.2, 0.25) is 0 Å². The molecule has 1 fully saturated rings. The summed E-state index contributed by atoms with van der Waals surface area (Å²) in [7, 11) is -4.04. The molecule has 2 N–H and O–H groups in total. The van der Waals surface area contributed by atoms with Gasteiger partial charge in [0, 0.05) is 6.04 Å². The van der Waals surface area contributed by atoms with E-state index in [2.05, 4.69) is 18.6 Å². The van der Waals surface area contributed by atoms with Crippen LogP contribution in [0.1, 0.15) is 39.5 Å². The molecule has 2 atom stereocenters. The third-order valence-corrected chi connectivity index (χ3v) is 3.58. The monoisotopic (exact) mass is 221 g/mol. The molecule has 0 aromatic heterocycles. The molecule has 0 aromatic rings. The molecule has 0 aliphatic heterocycles. The minimum Gasteiger partial charge on any atom is -0.273 e. The Morgan fingerprint density at radius 3 is 2.36 bits per heavy atom. The van der Waals surface area contributed by atoms with Crippen LogP contribution in [0.5, 0.6) is 0 Å². The van der Waals surface area contributed by atoms with Gasteiger partial charge in [-0.1, -0.05) is 26.7 Å². The number of rotatable bonds is 3. The van der Waals surface area contributed by atoms with Gasteiger partial charge in [-0.25, -0.2) is 0 Å². The lowest BCUT2D eigenvalue weighted by Gasteiger charge is -2.33. The quantitative estimate of drug-likeness (QED) is 0.711. The molecule has 84 valence electrons. The van der Waals surface area contributed by atoms with Gasteiger partial charge in [-0.15, -0.1) is 0 Å². The van der Waals surface area contributed by atoms with E-state index in [0.717, 1.165) is 25.7 Å². The van der Waals surface area contributed by atoms with E-state index >= 15 is 0 Å². The highest BCUT2D eigenvalue weighted by Crippen LogP contribution is 2.30. The highest BCUT2D eigenvalue weighted by atomic mass is 32.2. The summed E-state index contributed by atoms with van der Waals surface area (Å²) in [6.45, 7) is 4.18. The number of hydrogen-bond donors (Lipinski definition) is 2. The Bertz CT molecular complexity index is 274. The van der Waals surface area contributed by atoms with Crippen LogP contribution in [0.25, 0.3) is 0 Å². The molecule has 14 heavy (non-hydrogen) atoms. The molecule has 1 aliphatic carbocycles. The van der Waals surface area contributed by atoms with Gasteiger partial charge in [0.15, 0.2) is 0 Å². The maximum absolute atomic E-state index is 10.7. The molecule has 0 bridgehead atoms. The van der Waals surface area contributed by atoms with Gasteiger partial charge in [0.2, 0.25) is 0 Å². The minimum atomic E-state index is -4.04. The van der Waals surface area contributed by atoms with Crippen molar-refractivity contribution in [3.8, 4) is 0 Å². The second-order valence-electron chi connectivity index (χ2n) is 4.39. The third-order valence-electron chi connectivity index (χ3n) is 2.98. The lowest BCUT2D eigenvalue weighted by molar-refractivity contribution is 0.222. The molecule has 0 radical (unpaired) electrons. The fraction of sp³-hybridized carbons (Fsp3) is 1.00. The maximum atomic E-state index is 10.7. The van der Waals surface area contributed by atoms with Crippen LogP contribution in [0.3, 0.4) is 0 Å². The summed E-state index contributed by atoms with van der Waals surface area (Å²) < 4.78 is 32.5. The van der Waals surface area contributed by atoms with Crippen molar-refractivity contribution >= 4 is 10.3 Å². The molecular weight excluding hydrogens is 202 g/mol. The second kappa shape index (κ2) is 4.59. The number of nitrogens with one attached hydrogen (secondary N) is 1. The molecule has 1 saturated carbocycles. The van der Waals surface area contributed by atoms with Crippen molar-refractivity contribution < 1.29 is 13.0 Å². The van der Waals surface area contributed by atoms with Gasteiger partial charge in [-0.05, 0) is 24.7 Å². The van der Waals surface area contributed by atoms with Crippen LogP contribution in [-0.2, 0) is 10.3 Å². The Labute approximate surface area is 86.0 Å².